The van der Waals surface area contributed by atoms with Crippen LogP contribution in [0, 0.1) is 0 Å². The maximum Gasteiger partial charge on any atom is 0.408 e. The van der Waals surface area contributed by atoms with Gasteiger partial charge in [0.05, 0.1) is 13.0 Å². The lowest BCUT2D eigenvalue weighted by atomic mass is 9.84. The first kappa shape index (κ1) is 34.9. The number of fused-ring (bicyclic) bond motifs is 1. The molecule has 50 heavy (non-hydrogen) atoms. The number of carbonyl (C=O) groups excluding carboxylic acids is 4. The normalized spacial score (nSPS) is 17.2. The summed E-state index contributed by atoms with van der Waals surface area (Å²) in [6.45, 7) is 5.31. The molecule has 3 heterocycles. The molecule has 3 amide bonds. The van der Waals surface area contributed by atoms with Crippen LogP contribution >= 0.6 is 35.3 Å². The summed E-state index contributed by atoms with van der Waals surface area (Å²) < 4.78 is 5.36. The fourth-order valence-corrected chi connectivity index (χ4v) is 8.56. The summed E-state index contributed by atoms with van der Waals surface area (Å²) in [6, 6.07) is 28.6. The monoisotopic (exact) mass is 727 g/mol. The van der Waals surface area contributed by atoms with Gasteiger partial charge in [0, 0.05) is 16.7 Å². The Morgan fingerprint density at radius 1 is 0.920 bits per heavy atom. The highest BCUT2D eigenvalue weighted by Crippen LogP contribution is 2.53. The second kappa shape index (κ2) is 14.9. The van der Waals surface area contributed by atoms with Crippen LogP contribution in [0.4, 0.5) is 4.79 Å². The third kappa shape index (κ3) is 7.77. The molecule has 11 nitrogen and oxygen atoms in total. The number of aromatic nitrogens is 2. The van der Waals surface area contributed by atoms with Gasteiger partial charge < -0.3 is 14.9 Å². The molecule has 14 heteroatoms. The number of thioether (sulfide) groups is 1. The number of hydrogen-bond acceptors (Lipinski definition) is 11. The van der Waals surface area contributed by atoms with Crippen molar-refractivity contribution in [2.45, 2.75) is 55.9 Å². The minimum atomic E-state index is -0.948. The topological polar surface area (TPSA) is 140 Å². The lowest BCUT2D eigenvalue weighted by Gasteiger charge is -2.48. The van der Waals surface area contributed by atoms with Gasteiger partial charge in [-0.3, -0.25) is 14.5 Å². The van der Waals surface area contributed by atoms with Gasteiger partial charge in [-0.2, -0.15) is 5.48 Å². The Labute approximate surface area is 302 Å². The average Bonchev–Trinajstić information content (AvgIpc) is 3.58. The first-order valence-electron chi connectivity index (χ1n) is 15.7. The van der Waals surface area contributed by atoms with Gasteiger partial charge in [0.1, 0.15) is 31.6 Å². The molecule has 6 rings (SSSR count). The molecular formula is C36H33N5O6S3. The number of nitrogens with one attached hydrogen (secondary N) is 2. The molecule has 1 saturated heterocycles. The number of carbonyl (C=O) groups is 4. The molecule has 0 bridgehead atoms. The summed E-state index contributed by atoms with van der Waals surface area (Å²) in [7, 11) is 0. The van der Waals surface area contributed by atoms with Crippen molar-refractivity contribution in [3.63, 3.8) is 0 Å². The number of rotatable bonds is 9. The van der Waals surface area contributed by atoms with Crippen molar-refractivity contribution >= 4 is 69.6 Å². The van der Waals surface area contributed by atoms with Crippen LogP contribution in [0.3, 0.4) is 0 Å². The number of hydroxylamine groups is 1. The maximum absolute atomic E-state index is 14.1. The van der Waals surface area contributed by atoms with Gasteiger partial charge in [0.2, 0.25) is 0 Å². The molecule has 0 saturated carbocycles. The summed E-state index contributed by atoms with van der Waals surface area (Å²) in [4.78, 5) is 59.5. The van der Waals surface area contributed by atoms with Crippen molar-refractivity contribution in [1.82, 2.24) is 25.9 Å². The van der Waals surface area contributed by atoms with Gasteiger partial charge in [-0.25, -0.2) is 9.59 Å². The SMILES string of the molecule is CC(C)(C)OC(=O)NCc1nnc(C2=C(C(=O)ONC(=O)Cc3ccccc3)N3C(=O)C(=S)[C@@H]3SC2C(c2ccccc2)c2ccccc2)s1. The van der Waals surface area contributed by atoms with Crippen LogP contribution in [-0.4, -0.2) is 60.1 Å². The summed E-state index contributed by atoms with van der Waals surface area (Å²) in [6.07, 6.45) is -0.645. The predicted molar refractivity (Wildman–Crippen MR) is 194 cm³/mol. The van der Waals surface area contributed by atoms with Crippen LogP contribution in [0.15, 0.2) is 96.7 Å². The van der Waals surface area contributed by atoms with Crippen LogP contribution in [-0.2, 0) is 36.9 Å². The first-order chi connectivity index (χ1) is 24.0. The molecule has 2 N–H and O–H groups in total. The quantitative estimate of drug-likeness (QED) is 0.128. The Kier molecular flexibility index (Phi) is 10.4. The summed E-state index contributed by atoms with van der Waals surface area (Å²) in [5.41, 5.74) is 4.52. The van der Waals surface area contributed by atoms with E-state index >= 15 is 0 Å². The smallest absolute Gasteiger partial charge is 0.408 e. The average molecular weight is 728 g/mol. The molecule has 256 valence electrons. The molecule has 4 aromatic rings. The molecule has 0 aliphatic carbocycles. The fraction of sp³-hybridized carbons (Fsp3) is 0.250. The van der Waals surface area contributed by atoms with E-state index < -0.39 is 40.1 Å². The molecule has 0 radical (unpaired) electrons. The summed E-state index contributed by atoms with van der Waals surface area (Å²) in [5, 5.41) is 11.1. The second-order valence-corrected chi connectivity index (χ2v) is 15.2. The predicted octanol–water partition coefficient (Wildman–Crippen LogP) is 5.58. The molecule has 3 aromatic carbocycles. The van der Waals surface area contributed by atoms with E-state index in [1.54, 1.807) is 45.0 Å². The van der Waals surface area contributed by atoms with E-state index in [9.17, 15) is 19.2 Å². The van der Waals surface area contributed by atoms with Gasteiger partial charge in [0.15, 0.2) is 0 Å². The zero-order valence-corrected chi connectivity index (χ0v) is 29.8. The van der Waals surface area contributed by atoms with Gasteiger partial charge >= 0.3 is 12.1 Å². The Morgan fingerprint density at radius 3 is 2.12 bits per heavy atom. The minimum Gasteiger partial charge on any atom is -0.444 e. The van der Waals surface area contributed by atoms with Gasteiger partial charge in [-0.15, -0.1) is 22.0 Å². The van der Waals surface area contributed by atoms with Crippen molar-refractivity contribution in [3.05, 3.63) is 123 Å². The summed E-state index contributed by atoms with van der Waals surface area (Å²) in [5.74, 6) is -2.34. The Bertz CT molecular complexity index is 1910. The van der Waals surface area contributed by atoms with Crippen molar-refractivity contribution in [3.8, 4) is 0 Å². The van der Waals surface area contributed by atoms with E-state index in [4.69, 9.17) is 21.8 Å². The van der Waals surface area contributed by atoms with Crippen LogP contribution in [0.25, 0.3) is 5.57 Å². The molecule has 2 aliphatic heterocycles. The largest absolute Gasteiger partial charge is 0.444 e. The molecule has 1 aromatic heterocycles. The van der Waals surface area contributed by atoms with Gasteiger partial charge in [-0.1, -0.05) is 115 Å². The molecular weight excluding hydrogens is 695 g/mol. The standard InChI is InChI=1S/C36H33N5O6S3/c1-36(2,3)46-35(45)37-20-25-38-39-31(49-25)27-28(34(44)47-40-24(42)19-21-13-7-4-8-14-21)41-32(43)29(48)33(41)50-30(27)26(22-15-9-5-10-16-22)23-17-11-6-12-18-23/h4-18,26,30,33H,19-20H2,1-3H3,(H,37,45)(H,40,42)/t30?,33-/m0/s1. The Hall–Kier alpha value is -4.92. The van der Waals surface area contributed by atoms with Crippen LogP contribution in [0.1, 0.15) is 53.4 Å². The number of hydrogen-bond donors (Lipinski definition) is 2. The fourth-order valence-electron chi connectivity index (χ4n) is 5.60. The molecule has 2 aliphatic rings. The Morgan fingerprint density at radius 2 is 1.52 bits per heavy atom. The number of ether oxygens (including phenoxy) is 1. The van der Waals surface area contributed by atoms with Crippen LogP contribution in [0.2, 0.25) is 0 Å². The van der Waals surface area contributed by atoms with E-state index in [1.807, 2.05) is 66.7 Å². The highest BCUT2D eigenvalue weighted by Gasteiger charge is 2.55. The molecule has 0 spiro atoms. The molecule has 1 fully saturated rings. The van der Waals surface area contributed by atoms with Crippen LogP contribution < -0.4 is 10.8 Å². The van der Waals surface area contributed by atoms with Crippen LogP contribution in [0.5, 0.6) is 0 Å². The van der Waals surface area contributed by atoms with Gasteiger partial charge in [-0.05, 0) is 37.5 Å². The number of amides is 3. The van der Waals surface area contributed by atoms with E-state index in [1.165, 1.54) is 16.7 Å². The maximum atomic E-state index is 14.1. The van der Waals surface area contributed by atoms with E-state index in [0.29, 0.717) is 15.6 Å². The zero-order valence-electron chi connectivity index (χ0n) is 27.3. The summed E-state index contributed by atoms with van der Waals surface area (Å²) >= 11 is 8.11. The minimum absolute atomic E-state index is 0.0170. The highest BCUT2D eigenvalue weighted by molar-refractivity contribution is 8.03. The molecule has 2 atom stereocenters. The molecule has 1 unspecified atom stereocenters. The van der Waals surface area contributed by atoms with Crippen molar-refractivity contribution in [2.75, 3.05) is 0 Å². The third-order valence-electron chi connectivity index (χ3n) is 7.70. The van der Waals surface area contributed by atoms with Crippen molar-refractivity contribution in [2.24, 2.45) is 0 Å². The van der Waals surface area contributed by atoms with E-state index in [0.717, 1.165) is 28.0 Å². The van der Waals surface area contributed by atoms with Crippen molar-refractivity contribution < 1.29 is 28.8 Å². The second-order valence-electron chi connectivity index (χ2n) is 12.4. The third-order valence-corrected chi connectivity index (χ3v) is 10.7. The number of β-lactam (4-membered cyclic amide) rings is 1. The Balaban J connectivity index is 1.42. The first-order valence-corrected chi connectivity index (χ1v) is 17.9. The number of nitrogens with zero attached hydrogens (tertiary/aromatic N) is 3. The highest BCUT2D eigenvalue weighted by atomic mass is 32.2. The zero-order chi connectivity index (χ0) is 35.4. The van der Waals surface area contributed by atoms with E-state index in [-0.39, 0.29) is 29.4 Å². The van der Waals surface area contributed by atoms with E-state index in [2.05, 4.69) is 21.0 Å². The number of benzene rings is 3. The number of thiocarbonyl (C=S) groups is 1. The number of alkyl carbamates (subject to hydrolysis) is 1. The van der Waals surface area contributed by atoms with Crippen molar-refractivity contribution in [1.29, 1.82) is 0 Å². The van der Waals surface area contributed by atoms with Gasteiger partial charge in [0.25, 0.3) is 11.8 Å². The lowest BCUT2D eigenvalue weighted by molar-refractivity contribution is -0.156. The lowest BCUT2D eigenvalue weighted by Crippen LogP contribution is -2.62.